The Labute approximate surface area is 126 Å². The topological polar surface area (TPSA) is 72.1 Å². The van der Waals surface area contributed by atoms with Crippen molar-refractivity contribution in [1.82, 2.24) is 9.97 Å². The van der Waals surface area contributed by atoms with Crippen molar-refractivity contribution < 1.29 is 9.53 Å². The lowest BCUT2D eigenvalue weighted by molar-refractivity contribution is -0.145. The number of hydrogen-bond donors (Lipinski definition) is 1. The number of esters is 1. The molecule has 0 saturated carbocycles. The van der Waals surface area contributed by atoms with Crippen molar-refractivity contribution in [2.75, 3.05) is 6.61 Å². The minimum atomic E-state index is -0.263. The summed E-state index contributed by atoms with van der Waals surface area (Å²) in [5, 5.41) is 0.794. The molecule has 110 valence electrons. The third-order valence-electron chi connectivity index (χ3n) is 3.55. The number of nitrogens with one attached hydrogen (secondary N) is 1. The summed E-state index contributed by atoms with van der Waals surface area (Å²) in [6.07, 6.45) is 4.30. The van der Waals surface area contributed by atoms with Crippen LogP contribution in [0.1, 0.15) is 36.3 Å². The first-order valence-corrected chi connectivity index (χ1v) is 7.86. The van der Waals surface area contributed by atoms with E-state index < -0.39 is 0 Å². The molecule has 6 heteroatoms. The van der Waals surface area contributed by atoms with Crippen molar-refractivity contribution in [3.05, 3.63) is 39.3 Å². The number of ether oxygens (including phenoxy) is 1. The first kappa shape index (κ1) is 14.0. The predicted octanol–water partition coefficient (Wildman–Crippen LogP) is 2.48. The molecule has 0 unspecified atom stereocenters. The maximum Gasteiger partial charge on any atom is 0.315 e. The van der Waals surface area contributed by atoms with Crippen molar-refractivity contribution in [3.8, 4) is 10.6 Å². The number of aromatic nitrogens is 2. The van der Waals surface area contributed by atoms with Gasteiger partial charge in [-0.25, -0.2) is 4.98 Å². The smallest absolute Gasteiger partial charge is 0.315 e. The number of H-pyrrole nitrogens is 1. The molecule has 3 rings (SSSR count). The summed E-state index contributed by atoms with van der Waals surface area (Å²) in [4.78, 5) is 31.8. The number of fused-ring (bicyclic) bond motifs is 1. The van der Waals surface area contributed by atoms with E-state index in [0.29, 0.717) is 6.61 Å². The van der Waals surface area contributed by atoms with Gasteiger partial charge in [0.15, 0.2) is 0 Å². The van der Waals surface area contributed by atoms with Crippen LogP contribution in [0.5, 0.6) is 0 Å². The summed E-state index contributed by atoms with van der Waals surface area (Å²) in [7, 11) is 0. The largest absolute Gasteiger partial charge is 0.465 e. The average Bonchev–Trinajstić information content (AvgIpc) is 2.91. The van der Waals surface area contributed by atoms with Crippen molar-refractivity contribution in [2.45, 2.75) is 32.1 Å². The minimum absolute atomic E-state index is 0.150. The zero-order chi connectivity index (χ0) is 14.8. The summed E-state index contributed by atoms with van der Waals surface area (Å²) in [5.41, 5.74) is 1.48. The second-order valence-electron chi connectivity index (χ2n) is 4.97. The fourth-order valence-corrected chi connectivity index (χ4v) is 3.75. The van der Waals surface area contributed by atoms with E-state index in [1.54, 1.807) is 17.5 Å². The van der Waals surface area contributed by atoms with Crippen molar-refractivity contribution >= 4 is 17.3 Å². The lowest BCUT2D eigenvalue weighted by atomic mass is 9.91. The van der Waals surface area contributed by atoms with Gasteiger partial charge in [-0.3, -0.25) is 9.59 Å². The highest BCUT2D eigenvalue weighted by Crippen LogP contribution is 2.38. The predicted molar refractivity (Wildman–Crippen MR) is 80.5 cm³/mol. The summed E-state index contributed by atoms with van der Waals surface area (Å²) in [5.74, 6) is -0.457. The normalized spacial score (nSPS) is 17.3. The Morgan fingerprint density at radius 3 is 3.19 bits per heavy atom. The number of rotatable bonds is 3. The van der Waals surface area contributed by atoms with Crippen LogP contribution in [0.3, 0.4) is 0 Å². The number of aryl methyl sites for hydroxylation is 1. The van der Waals surface area contributed by atoms with Crippen LogP contribution >= 0.6 is 11.3 Å². The van der Waals surface area contributed by atoms with E-state index in [4.69, 9.17) is 4.74 Å². The van der Waals surface area contributed by atoms with Crippen LogP contribution in [-0.2, 0) is 16.0 Å². The number of nitrogens with zero attached hydrogens (tertiary/aromatic N) is 1. The summed E-state index contributed by atoms with van der Waals surface area (Å²) in [6, 6.07) is 3.36. The second kappa shape index (κ2) is 5.81. The number of carbonyl (C=O) groups excluding carboxylic acids is 1. The summed E-state index contributed by atoms with van der Waals surface area (Å²) >= 11 is 1.56. The van der Waals surface area contributed by atoms with Crippen LogP contribution < -0.4 is 5.56 Å². The quantitative estimate of drug-likeness (QED) is 0.884. The van der Waals surface area contributed by atoms with E-state index in [1.807, 2.05) is 13.0 Å². The maximum atomic E-state index is 12.0. The van der Waals surface area contributed by atoms with Crippen molar-refractivity contribution in [1.29, 1.82) is 0 Å². The molecule has 21 heavy (non-hydrogen) atoms. The van der Waals surface area contributed by atoms with Gasteiger partial charge in [-0.05, 0) is 32.3 Å². The van der Waals surface area contributed by atoms with Crippen LogP contribution in [0, 0.1) is 0 Å². The first-order valence-electron chi connectivity index (χ1n) is 7.04. The number of pyridine rings is 1. The molecule has 2 aromatic rings. The summed E-state index contributed by atoms with van der Waals surface area (Å²) < 4.78 is 5.14. The van der Waals surface area contributed by atoms with Gasteiger partial charge in [0.05, 0.1) is 12.3 Å². The second-order valence-corrected chi connectivity index (χ2v) is 6.05. The lowest BCUT2D eigenvalue weighted by Gasteiger charge is -2.19. The molecule has 1 atom stereocenters. The molecule has 0 saturated heterocycles. The van der Waals surface area contributed by atoms with Crippen LogP contribution in [0.2, 0.25) is 0 Å². The van der Waals surface area contributed by atoms with E-state index in [9.17, 15) is 9.59 Å². The van der Waals surface area contributed by atoms with Gasteiger partial charge in [-0.1, -0.05) is 0 Å². The number of aromatic amines is 1. The van der Waals surface area contributed by atoms with Crippen molar-refractivity contribution in [3.63, 3.8) is 0 Å². The standard InChI is InChI=1S/C15H16N2O3S/c1-2-20-15(19)10-4-3-5-11-13(10)17-14(21-11)9-6-7-16-12(18)8-9/h6-8,10H,2-5H2,1H3,(H,16,18)/t10-/m1/s1. The Morgan fingerprint density at radius 2 is 2.43 bits per heavy atom. The fraction of sp³-hybridized carbons (Fsp3) is 0.400. The third kappa shape index (κ3) is 2.76. The Kier molecular flexibility index (Phi) is 3.88. The van der Waals surface area contributed by atoms with E-state index in [1.165, 1.54) is 6.07 Å². The van der Waals surface area contributed by atoms with E-state index in [2.05, 4.69) is 9.97 Å². The lowest BCUT2D eigenvalue weighted by Crippen LogP contribution is -2.20. The molecule has 5 nitrogen and oxygen atoms in total. The van der Waals surface area contributed by atoms with E-state index >= 15 is 0 Å². The van der Waals surface area contributed by atoms with Crippen LogP contribution in [0.4, 0.5) is 0 Å². The van der Waals surface area contributed by atoms with E-state index in [-0.39, 0.29) is 17.4 Å². The van der Waals surface area contributed by atoms with Gasteiger partial charge in [-0.2, -0.15) is 0 Å². The van der Waals surface area contributed by atoms with Gasteiger partial charge in [-0.15, -0.1) is 11.3 Å². The molecule has 1 N–H and O–H groups in total. The number of carbonyl (C=O) groups is 1. The third-order valence-corrected chi connectivity index (χ3v) is 4.73. The summed E-state index contributed by atoms with van der Waals surface area (Å²) in [6.45, 7) is 2.19. The zero-order valence-corrected chi connectivity index (χ0v) is 12.5. The highest BCUT2D eigenvalue weighted by atomic mass is 32.1. The van der Waals surface area contributed by atoms with Crippen LogP contribution in [0.15, 0.2) is 23.1 Å². The molecule has 0 radical (unpaired) electrons. The molecular formula is C15H16N2O3S. The molecule has 0 bridgehead atoms. The Hall–Kier alpha value is -1.95. The van der Waals surface area contributed by atoms with E-state index in [0.717, 1.165) is 40.4 Å². The highest BCUT2D eigenvalue weighted by Gasteiger charge is 2.31. The highest BCUT2D eigenvalue weighted by molar-refractivity contribution is 7.15. The van der Waals surface area contributed by atoms with Crippen molar-refractivity contribution in [2.24, 2.45) is 0 Å². The Morgan fingerprint density at radius 1 is 1.57 bits per heavy atom. The first-order chi connectivity index (χ1) is 10.2. The molecular weight excluding hydrogens is 288 g/mol. The van der Waals surface area contributed by atoms with Gasteiger partial charge in [0, 0.05) is 22.7 Å². The fourth-order valence-electron chi connectivity index (χ4n) is 2.59. The molecule has 1 aliphatic carbocycles. The maximum absolute atomic E-state index is 12.0. The molecule has 0 aromatic carbocycles. The van der Waals surface area contributed by atoms with Gasteiger partial charge in [0.2, 0.25) is 5.56 Å². The van der Waals surface area contributed by atoms with Crippen LogP contribution in [0.25, 0.3) is 10.6 Å². The van der Waals surface area contributed by atoms with Gasteiger partial charge < -0.3 is 9.72 Å². The zero-order valence-electron chi connectivity index (χ0n) is 11.7. The molecule has 1 aliphatic rings. The Bertz CT molecular complexity index is 720. The molecule has 0 fully saturated rings. The van der Waals surface area contributed by atoms with Gasteiger partial charge >= 0.3 is 5.97 Å². The SMILES string of the molecule is CCOC(=O)[C@@H]1CCCc2sc(-c3cc[nH]c(=O)c3)nc21. The number of hydrogen-bond acceptors (Lipinski definition) is 5. The Balaban J connectivity index is 1.98. The van der Waals surface area contributed by atoms with Gasteiger partial charge in [0.25, 0.3) is 0 Å². The monoisotopic (exact) mass is 304 g/mol. The molecule has 0 amide bonds. The molecule has 2 aromatic heterocycles. The van der Waals surface area contributed by atoms with Gasteiger partial charge in [0.1, 0.15) is 10.9 Å². The average molecular weight is 304 g/mol. The number of thiazole rings is 1. The molecule has 2 heterocycles. The minimum Gasteiger partial charge on any atom is -0.465 e. The molecule has 0 spiro atoms. The van der Waals surface area contributed by atoms with Crippen LogP contribution in [-0.4, -0.2) is 22.5 Å². The molecule has 0 aliphatic heterocycles.